The zero-order chi connectivity index (χ0) is 19.8. The Bertz CT molecular complexity index is 892. The van der Waals surface area contributed by atoms with Crippen molar-refractivity contribution in [1.82, 2.24) is 10.2 Å². The van der Waals surface area contributed by atoms with E-state index in [2.05, 4.69) is 10.2 Å². The number of rotatable bonds is 4. The largest absolute Gasteiger partial charge is 0.445 e. The molecule has 4 heterocycles. The number of nitrogens with zero attached hydrogens (tertiary/aromatic N) is 1. The van der Waals surface area contributed by atoms with Crippen molar-refractivity contribution in [2.24, 2.45) is 5.92 Å². The highest BCUT2D eigenvalue weighted by Gasteiger charge is 2.44. The maximum atomic E-state index is 14.8. The van der Waals surface area contributed by atoms with Gasteiger partial charge in [-0.3, -0.25) is 4.90 Å². The number of carbonyl (C=O) groups excluding carboxylic acids is 1. The van der Waals surface area contributed by atoms with Gasteiger partial charge in [0.2, 0.25) is 0 Å². The van der Waals surface area contributed by atoms with Crippen LogP contribution in [0.25, 0.3) is 11.1 Å². The molecular formula is C23H25FN2O3. The van der Waals surface area contributed by atoms with Crippen molar-refractivity contribution >= 4 is 6.09 Å². The number of benzene rings is 2. The van der Waals surface area contributed by atoms with Crippen LogP contribution in [0.2, 0.25) is 0 Å². The highest BCUT2D eigenvalue weighted by atomic mass is 19.1. The Morgan fingerprint density at radius 1 is 1.14 bits per heavy atom. The third-order valence-corrected chi connectivity index (χ3v) is 6.50. The molecule has 5 nitrogen and oxygen atoms in total. The first kappa shape index (κ1) is 18.6. The molecule has 4 aliphatic rings. The van der Waals surface area contributed by atoms with Gasteiger partial charge in [-0.15, -0.1) is 0 Å². The molecule has 1 atom stereocenters. The molecule has 2 aromatic carbocycles. The van der Waals surface area contributed by atoms with Crippen molar-refractivity contribution in [2.45, 2.75) is 24.5 Å². The number of ether oxygens (including phenoxy) is 2. The highest BCUT2D eigenvalue weighted by Crippen LogP contribution is 2.34. The Kier molecular flexibility index (Phi) is 4.76. The van der Waals surface area contributed by atoms with Crippen molar-refractivity contribution in [1.29, 1.82) is 0 Å². The molecular weight excluding hydrogens is 371 g/mol. The van der Waals surface area contributed by atoms with Crippen LogP contribution in [0.3, 0.4) is 0 Å². The Morgan fingerprint density at radius 2 is 1.90 bits per heavy atom. The van der Waals surface area contributed by atoms with Crippen LogP contribution in [0.4, 0.5) is 9.18 Å². The summed E-state index contributed by atoms with van der Waals surface area (Å²) < 4.78 is 26.0. The van der Waals surface area contributed by atoms with E-state index in [1.165, 1.54) is 6.07 Å². The molecule has 4 aliphatic heterocycles. The van der Waals surface area contributed by atoms with E-state index in [1.54, 1.807) is 6.07 Å². The van der Waals surface area contributed by atoms with E-state index in [1.807, 2.05) is 36.4 Å². The Balaban J connectivity index is 1.31. The van der Waals surface area contributed by atoms with Crippen molar-refractivity contribution in [3.05, 3.63) is 59.9 Å². The van der Waals surface area contributed by atoms with Crippen molar-refractivity contribution < 1.29 is 18.7 Å². The first-order valence-corrected chi connectivity index (χ1v) is 10.3. The third-order valence-electron chi connectivity index (χ3n) is 6.50. The molecule has 2 aromatic rings. The van der Waals surface area contributed by atoms with Crippen molar-refractivity contribution in [2.75, 3.05) is 32.8 Å². The maximum Gasteiger partial charge on any atom is 0.408 e. The highest BCUT2D eigenvalue weighted by molar-refractivity contribution is 5.70. The van der Waals surface area contributed by atoms with Crippen LogP contribution in [0.15, 0.2) is 48.5 Å². The molecule has 1 amide bonds. The van der Waals surface area contributed by atoms with Crippen LogP contribution in [-0.2, 0) is 15.0 Å². The lowest BCUT2D eigenvalue weighted by molar-refractivity contribution is -0.0846. The van der Waals surface area contributed by atoms with Gasteiger partial charge in [-0.2, -0.15) is 0 Å². The van der Waals surface area contributed by atoms with Gasteiger partial charge in [0.05, 0.1) is 13.2 Å². The van der Waals surface area contributed by atoms with Crippen LogP contribution in [-0.4, -0.2) is 49.9 Å². The van der Waals surface area contributed by atoms with Crippen molar-refractivity contribution in [3.8, 4) is 11.1 Å². The normalized spacial score (nSPS) is 27.1. The first-order chi connectivity index (χ1) is 14.1. The lowest BCUT2D eigenvalue weighted by Gasteiger charge is -2.45. The average Bonchev–Trinajstić information content (AvgIpc) is 2.72. The van der Waals surface area contributed by atoms with Gasteiger partial charge in [0.15, 0.2) is 0 Å². The van der Waals surface area contributed by atoms with E-state index in [0.717, 1.165) is 38.0 Å². The Morgan fingerprint density at radius 3 is 2.48 bits per heavy atom. The zero-order valence-electron chi connectivity index (χ0n) is 16.3. The molecule has 152 valence electrons. The van der Waals surface area contributed by atoms with Crippen LogP contribution in [0.1, 0.15) is 18.4 Å². The summed E-state index contributed by atoms with van der Waals surface area (Å²) in [5, 5.41) is 2.97. The average molecular weight is 396 g/mol. The molecule has 0 aliphatic carbocycles. The summed E-state index contributed by atoms with van der Waals surface area (Å²) in [6, 6.07) is 14.6. The molecule has 4 saturated heterocycles. The topological polar surface area (TPSA) is 50.8 Å². The molecule has 0 aromatic heterocycles. The Labute approximate surface area is 169 Å². The SMILES string of the molecule is O=C(NC1(c2ccc(-c3ccccc3)c(F)c2)COC1)OC1CN2CCC1CC2. The predicted octanol–water partition coefficient (Wildman–Crippen LogP) is 3.54. The van der Waals surface area contributed by atoms with Crippen LogP contribution >= 0.6 is 0 Å². The number of hydrogen-bond acceptors (Lipinski definition) is 4. The quantitative estimate of drug-likeness (QED) is 0.859. The van der Waals surface area contributed by atoms with Gasteiger partial charge in [0.1, 0.15) is 17.5 Å². The maximum absolute atomic E-state index is 14.8. The van der Waals surface area contributed by atoms with Gasteiger partial charge in [0, 0.05) is 12.1 Å². The molecule has 1 unspecified atom stereocenters. The van der Waals surface area contributed by atoms with Gasteiger partial charge in [-0.25, -0.2) is 9.18 Å². The number of fused-ring (bicyclic) bond motifs is 3. The second-order valence-electron chi connectivity index (χ2n) is 8.34. The molecule has 0 saturated carbocycles. The zero-order valence-corrected chi connectivity index (χ0v) is 16.3. The molecule has 4 fully saturated rings. The second kappa shape index (κ2) is 7.43. The van der Waals surface area contributed by atoms with Crippen molar-refractivity contribution in [3.63, 3.8) is 0 Å². The number of alkyl carbamates (subject to hydrolysis) is 1. The van der Waals surface area contributed by atoms with Gasteiger partial charge in [-0.05, 0) is 49.0 Å². The van der Waals surface area contributed by atoms with E-state index < -0.39 is 11.6 Å². The number of hydrogen-bond donors (Lipinski definition) is 1. The summed E-state index contributed by atoms with van der Waals surface area (Å²) in [5.74, 6) is 0.134. The molecule has 29 heavy (non-hydrogen) atoms. The van der Waals surface area contributed by atoms with Gasteiger partial charge in [0.25, 0.3) is 0 Å². The van der Waals surface area contributed by atoms with Gasteiger partial charge >= 0.3 is 6.09 Å². The number of amides is 1. The van der Waals surface area contributed by atoms with E-state index in [-0.39, 0.29) is 11.9 Å². The molecule has 0 spiro atoms. The lowest BCUT2D eigenvalue weighted by Crippen LogP contribution is -2.61. The molecule has 0 radical (unpaired) electrons. The summed E-state index contributed by atoms with van der Waals surface area (Å²) in [6.45, 7) is 3.62. The molecule has 1 N–H and O–H groups in total. The number of nitrogens with one attached hydrogen (secondary N) is 1. The number of piperidine rings is 3. The molecule has 6 heteroatoms. The van der Waals surface area contributed by atoms with E-state index in [4.69, 9.17) is 9.47 Å². The fourth-order valence-electron chi connectivity index (χ4n) is 4.69. The second-order valence-corrected chi connectivity index (χ2v) is 8.34. The van der Waals surface area contributed by atoms with Crippen LogP contribution < -0.4 is 5.32 Å². The monoisotopic (exact) mass is 396 g/mol. The summed E-state index contributed by atoms with van der Waals surface area (Å²) in [4.78, 5) is 15.0. The van der Waals surface area contributed by atoms with Crippen LogP contribution in [0.5, 0.6) is 0 Å². The minimum Gasteiger partial charge on any atom is -0.445 e. The predicted molar refractivity (Wildman–Crippen MR) is 107 cm³/mol. The lowest BCUT2D eigenvalue weighted by atomic mass is 9.85. The molecule has 2 bridgehead atoms. The van der Waals surface area contributed by atoms with Gasteiger partial charge < -0.3 is 14.8 Å². The van der Waals surface area contributed by atoms with E-state index in [9.17, 15) is 9.18 Å². The summed E-state index contributed by atoms with van der Waals surface area (Å²) >= 11 is 0. The number of halogens is 1. The van der Waals surface area contributed by atoms with Gasteiger partial charge in [-0.1, -0.05) is 42.5 Å². The summed E-state index contributed by atoms with van der Waals surface area (Å²) in [5.41, 5.74) is 1.33. The number of carbonyl (C=O) groups is 1. The minimum absolute atomic E-state index is 0.0623. The fourth-order valence-corrected chi connectivity index (χ4v) is 4.69. The third kappa shape index (κ3) is 3.51. The standard InChI is InChI=1S/C23H25FN2O3/c24-20-12-18(6-7-19(20)16-4-2-1-3-5-16)23(14-28-15-23)25-22(27)29-21-13-26-10-8-17(21)9-11-26/h1-7,12,17,21H,8-11,13-15H2,(H,25,27). The molecule has 6 rings (SSSR count). The van der Waals surface area contributed by atoms with E-state index in [0.29, 0.717) is 30.3 Å². The summed E-state index contributed by atoms with van der Waals surface area (Å²) in [6.07, 6.45) is 1.66. The minimum atomic E-state index is -0.735. The van der Waals surface area contributed by atoms with Crippen LogP contribution in [0, 0.1) is 11.7 Å². The fraction of sp³-hybridized carbons (Fsp3) is 0.435. The smallest absolute Gasteiger partial charge is 0.408 e. The summed E-state index contributed by atoms with van der Waals surface area (Å²) in [7, 11) is 0. The van der Waals surface area contributed by atoms with E-state index >= 15 is 0 Å². The Hall–Kier alpha value is -2.44. The first-order valence-electron chi connectivity index (χ1n) is 10.3.